The third kappa shape index (κ3) is 4.60. The van der Waals surface area contributed by atoms with Gasteiger partial charge in [-0.05, 0) is 37.6 Å². The number of carbonyl (C=O) groups is 2. The number of anilines is 1. The lowest BCUT2D eigenvalue weighted by Gasteiger charge is -2.37. The van der Waals surface area contributed by atoms with E-state index in [-0.39, 0.29) is 17.9 Å². The van der Waals surface area contributed by atoms with E-state index in [1.807, 2.05) is 11.8 Å². The molecule has 2 aliphatic rings. The number of hydrogen-bond acceptors (Lipinski definition) is 7. The SMILES string of the molecule is CC(C(=O)N1CCN(C(=O)c2ccco2)CC1)N1CCCN(c2ncccc2C#N)CC1. The van der Waals surface area contributed by atoms with Gasteiger partial charge in [0.05, 0.1) is 17.9 Å². The average molecular weight is 437 g/mol. The van der Waals surface area contributed by atoms with Gasteiger partial charge in [0, 0.05) is 58.6 Å². The van der Waals surface area contributed by atoms with Crippen LogP contribution in [0.3, 0.4) is 0 Å². The van der Waals surface area contributed by atoms with Crippen LogP contribution < -0.4 is 4.90 Å². The summed E-state index contributed by atoms with van der Waals surface area (Å²) in [5.74, 6) is 1.01. The molecule has 0 saturated carbocycles. The molecule has 2 aliphatic heterocycles. The van der Waals surface area contributed by atoms with E-state index in [0.29, 0.717) is 43.3 Å². The normalized spacial score (nSPS) is 18.7. The lowest BCUT2D eigenvalue weighted by Crippen LogP contribution is -2.55. The van der Waals surface area contributed by atoms with E-state index in [0.717, 1.165) is 32.6 Å². The van der Waals surface area contributed by atoms with Crippen LogP contribution in [0.25, 0.3) is 0 Å². The molecule has 0 N–H and O–H groups in total. The van der Waals surface area contributed by atoms with Crippen LogP contribution in [0.5, 0.6) is 0 Å². The Morgan fingerprint density at radius 1 is 1.03 bits per heavy atom. The molecule has 0 aromatic carbocycles. The molecule has 9 nitrogen and oxygen atoms in total. The highest BCUT2D eigenvalue weighted by Crippen LogP contribution is 2.19. The highest BCUT2D eigenvalue weighted by molar-refractivity contribution is 5.91. The molecule has 2 aromatic rings. The zero-order valence-corrected chi connectivity index (χ0v) is 18.3. The predicted molar refractivity (Wildman–Crippen MR) is 118 cm³/mol. The molecule has 2 aromatic heterocycles. The summed E-state index contributed by atoms with van der Waals surface area (Å²) >= 11 is 0. The van der Waals surface area contributed by atoms with Crippen molar-refractivity contribution in [3.63, 3.8) is 0 Å². The Morgan fingerprint density at radius 3 is 2.53 bits per heavy atom. The molecule has 4 heterocycles. The van der Waals surface area contributed by atoms with Gasteiger partial charge < -0.3 is 19.1 Å². The minimum absolute atomic E-state index is 0.0964. The predicted octanol–water partition coefficient (Wildman–Crippen LogP) is 1.43. The maximum atomic E-state index is 13.2. The number of hydrogen-bond donors (Lipinski definition) is 0. The van der Waals surface area contributed by atoms with Crippen molar-refractivity contribution in [3.8, 4) is 6.07 Å². The van der Waals surface area contributed by atoms with E-state index in [2.05, 4.69) is 20.9 Å². The Labute approximate surface area is 187 Å². The number of nitriles is 1. The van der Waals surface area contributed by atoms with E-state index < -0.39 is 0 Å². The van der Waals surface area contributed by atoms with Crippen LogP contribution in [0.1, 0.15) is 29.5 Å². The van der Waals surface area contributed by atoms with Crippen molar-refractivity contribution < 1.29 is 14.0 Å². The Kier molecular flexibility index (Phi) is 6.71. The number of furan rings is 1. The zero-order valence-electron chi connectivity index (χ0n) is 18.3. The van der Waals surface area contributed by atoms with Crippen molar-refractivity contribution >= 4 is 17.6 Å². The molecule has 0 spiro atoms. The summed E-state index contributed by atoms with van der Waals surface area (Å²) < 4.78 is 5.20. The smallest absolute Gasteiger partial charge is 0.289 e. The molecule has 2 fully saturated rings. The van der Waals surface area contributed by atoms with Crippen LogP contribution in [-0.4, -0.2) is 89.9 Å². The summed E-state index contributed by atoms with van der Waals surface area (Å²) in [4.78, 5) is 37.9. The first-order valence-corrected chi connectivity index (χ1v) is 11.0. The number of pyridine rings is 1. The molecule has 2 amide bonds. The summed E-state index contributed by atoms with van der Waals surface area (Å²) in [6.07, 6.45) is 4.09. The first-order valence-electron chi connectivity index (χ1n) is 11.0. The van der Waals surface area contributed by atoms with E-state index in [9.17, 15) is 14.9 Å². The fourth-order valence-electron chi connectivity index (χ4n) is 4.38. The van der Waals surface area contributed by atoms with Crippen molar-refractivity contribution in [1.82, 2.24) is 19.7 Å². The van der Waals surface area contributed by atoms with Gasteiger partial charge in [-0.3, -0.25) is 14.5 Å². The maximum absolute atomic E-state index is 13.2. The lowest BCUT2D eigenvalue weighted by atomic mass is 10.2. The zero-order chi connectivity index (χ0) is 22.5. The Balaban J connectivity index is 1.31. The summed E-state index contributed by atoms with van der Waals surface area (Å²) in [6, 6.07) is 8.90. The molecule has 1 unspecified atom stereocenters. The molecular formula is C23H28N6O3. The van der Waals surface area contributed by atoms with Gasteiger partial charge in [0.25, 0.3) is 5.91 Å². The van der Waals surface area contributed by atoms with Gasteiger partial charge in [0.15, 0.2) is 5.76 Å². The van der Waals surface area contributed by atoms with Crippen LogP contribution in [0, 0.1) is 11.3 Å². The van der Waals surface area contributed by atoms with E-state index in [4.69, 9.17) is 4.42 Å². The van der Waals surface area contributed by atoms with Gasteiger partial charge in [-0.15, -0.1) is 0 Å². The third-order valence-electron chi connectivity index (χ3n) is 6.25. The lowest BCUT2D eigenvalue weighted by molar-refractivity contribution is -0.137. The maximum Gasteiger partial charge on any atom is 0.289 e. The summed E-state index contributed by atoms with van der Waals surface area (Å²) in [7, 11) is 0. The molecule has 168 valence electrons. The Morgan fingerprint density at radius 2 is 1.81 bits per heavy atom. The molecule has 2 saturated heterocycles. The second kappa shape index (κ2) is 9.83. The topological polar surface area (TPSA) is 96.9 Å². The van der Waals surface area contributed by atoms with Gasteiger partial charge in [-0.25, -0.2) is 4.98 Å². The number of nitrogens with zero attached hydrogens (tertiary/aromatic N) is 6. The summed E-state index contributed by atoms with van der Waals surface area (Å²) in [5, 5.41) is 9.38. The number of amides is 2. The largest absolute Gasteiger partial charge is 0.459 e. The fraction of sp³-hybridized carbons (Fsp3) is 0.478. The molecule has 32 heavy (non-hydrogen) atoms. The van der Waals surface area contributed by atoms with Gasteiger partial charge in [-0.2, -0.15) is 5.26 Å². The van der Waals surface area contributed by atoms with Crippen LogP contribution in [-0.2, 0) is 4.79 Å². The first kappa shape index (κ1) is 21.8. The quantitative estimate of drug-likeness (QED) is 0.715. The molecule has 0 aliphatic carbocycles. The highest BCUT2D eigenvalue weighted by atomic mass is 16.3. The minimum Gasteiger partial charge on any atom is -0.459 e. The Bertz CT molecular complexity index is 978. The highest BCUT2D eigenvalue weighted by Gasteiger charge is 2.31. The minimum atomic E-state index is -0.235. The van der Waals surface area contributed by atoms with E-state index in [1.54, 1.807) is 35.4 Å². The van der Waals surface area contributed by atoms with Gasteiger partial charge in [-0.1, -0.05) is 0 Å². The molecule has 9 heteroatoms. The van der Waals surface area contributed by atoms with E-state index >= 15 is 0 Å². The van der Waals surface area contributed by atoms with Crippen molar-refractivity contribution in [2.45, 2.75) is 19.4 Å². The fourth-order valence-corrected chi connectivity index (χ4v) is 4.38. The van der Waals surface area contributed by atoms with E-state index in [1.165, 1.54) is 6.26 Å². The number of carbonyl (C=O) groups excluding carboxylic acids is 2. The van der Waals surface area contributed by atoms with Crippen molar-refractivity contribution in [1.29, 1.82) is 5.26 Å². The number of rotatable bonds is 4. The third-order valence-corrected chi connectivity index (χ3v) is 6.25. The molecule has 1 atom stereocenters. The van der Waals surface area contributed by atoms with Crippen molar-refractivity contribution in [2.75, 3.05) is 57.3 Å². The molecule has 0 radical (unpaired) electrons. The monoisotopic (exact) mass is 436 g/mol. The average Bonchev–Trinajstić information content (AvgIpc) is 3.27. The summed E-state index contributed by atoms with van der Waals surface area (Å²) in [5.41, 5.74) is 0.576. The molecule has 0 bridgehead atoms. The standard InChI is InChI=1S/C23H28N6O3/c1-18(22(30)28-12-14-29(15-13-28)23(31)20-6-3-16-32-20)26-8-4-9-27(11-10-26)21-19(17-24)5-2-7-25-21/h2-3,5-7,16,18H,4,8-15H2,1H3. The van der Waals surface area contributed by atoms with Crippen LogP contribution in [0.2, 0.25) is 0 Å². The second-order valence-electron chi connectivity index (χ2n) is 8.13. The van der Waals surface area contributed by atoms with Gasteiger partial charge >= 0.3 is 0 Å². The van der Waals surface area contributed by atoms with Crippen LogP contribution in [0.15, 0.2) is 41.1 Å². The van der Waals surface area contributed by atoms with Gasteiger partial charge in [0.2, 0.25) is 5.91 Å². The summed E-state index contributed by atoms with van der Waals surface area (Å²) in [6.45, 7) is 7.07. The first-order chi connectivity index (χ1) is 15.6. The second-order valence-corrected chi connectivity index (χ2v) is 8.13. The Hall–Kier alpha value is -3.38. The van der Waals surface area contributed by atoms with Crippen LogP contribution >= 0.6 is 0 Å². The molecule has 4 rings (SSSR count). The number of aromatic nitrogens is 1. The van der Waals surface area contributed by atoms with Crippen molar-refractivity contribution in [2.24, 2.45) is 0 Å². The van der Waals surface area contributed by atoms with Crippen molar-refractivity contribution in [3.05, 3.63) is 48.0 Å². The molecular weight excluding hydrogens is 408 g/mol. The number of piperazine rings is 1. The van der Waals surface area contributed by atoms with Crippen LogP contribution in [0.4, 0.5) is 5.82 Å². The van der Waals surface area contributed by atoms with Gasteiger partial charge in [0.1, 0.15) is 11.9 Å².